The van der Waals surface area contributed by atoms with Gasteiger partial charge in [-0.3, -0.25) is 4.98 Å². The van der Waals surface area contributed by atoms with E-state index in [1.54, 1.807) is 22.1 Å². The van der Waals surface area contributed by atoms with Crippen LogP contribution in [-0.4, -0.2) is 18.0 Å². The molecule has 0 aliphatic heterocycles. The molecule has 0 bridgehead atoms. The molecule has 0 unspecified atom stereocenters. The van der Waals surface area contributed by atoms with E-state index in [4.69, 9.17) is 9.97 Å². The molecule has 0 radical (unpaired) electrons. The van der Waals surface area contributed by atoms with Crippen LogP contribution in [0, 0.1) is 6.92 Å². The highest BCUT2D eigenvalue weighted by Crippen LogP contribution is 2.37. The smallest absolute Gasteiger partial charge is 0.124 e. The monoisotopic (exact) mass is 402 g/mol. The molecular formula is C24H26N2SSi. The molecule has 1 aromatic carbocycles. The minimum atomic E-state index is -1.38. The lowest BCUT2D eigenvalue weighted by atomic mass is 9.89. The van der Waals surface area contributed by atoms with Gasteiger partial charge in [0.05, 0.1) is 13.8 Å². The summed E-state index contributed by atoms with van der Waals surface area (Å²) in [5, 5.41) is 4.14. The van der Waals surface area contributed by atoms with Gasteiger partial charge in [-0.2, -0.15) is 0 Å². The second-order valence-electron chi connectivity index (χ2n) is 9.05. The maximum Gasteiger partial charge on any atom is 0.124 e. The van der Waals surface area contributed by atoms with E-state index in [9.17, 15) is 0 Å². The van der Waals surface area contributed by atoms with E-state index in [0.717, 1.165) is 10.5 Å². The average molecular weight is 403 g/mol. The van der Waals surface area contributed by atoms with Crippen molar-refractivity contribution >= 4 is 44.9 Å². The average Bonchev–Trinajstić information content (AvgIpc) is 3.02. The van der Waals surface area contributed by atoms with E-state index in [1.165, 1.54) is 58.0 Å². The molecule has 3 heterocycles. The number of fused-ring (bicyclic) bond motifs is 4. The van der Waals surface area contributed by atoms with Crippen LogP contribution in [-0.2, 0) is 12.8 Å². The second kappa shape index (κ2) is 6.50. The van der Waals surface area contributed by atoms with Crippen molar-refractivity contribution in [2.24, 2.45) is 0 Å². The Morgan fingerprint density at radius 2 is 1.71 bits per heavy atom. The van der Waals surface area contributed by atoms with Gasteiger partial charge in [0.1, 0.15) is 4.83 Å². The van der Waals surface area contributed by atoms with E-state index in [1.807, 2.05) is 0 Å². The first-order valence-electron chi connectivity index (χ1n) is 10.2. The van der Waals surface area contributed by atoms with Crippen LogP contribution in [0.15, 0.2) is 36.5 Å². The minimum absolute atomic E-state index is 1.08. The fourth-order valence-corrected chi connectivity index (χ4v) is 7.27. The Bertz CT molecular complexity index is 1220. The highest BCUT2D eigenvalue weighted by Gasteiger charge is 2.26. The van der Waals surface area contributed by atoms with Gasteiger partial charge in [-0.25, -0.2) is 4.98 Å². The van der Waals surface area contributed by atoms with E-state index in [2.05, 4.69) is 63.1 Å². The van der Waals surface area contributed by atoms with Crippen molar-refractivity contribution < 1.29 is 0 Å². The molecule has 4 heteroatoms. The first-order valence-corrected chi connectivity index (χ1v) is 14.5. The number of rotatable bonds is 2. The van der Waals surface area contributed by atoms with Gasteiger partial charge in [-0.05, 0) is 73.2 Å². The summed E-state index contributed by atoms with van der Waals surface area (Å²) in [6, 6.07) is 11.2. The van der Waals surface area contributed by atoms with Gasteiger partial charge in [-0.15, -0.1) is 11.3 Å². The second-order valence-corrected chi connectivity index (χ2v) is 15.1. The Morgan fingerprint density at radius 3 is 2.50 bits per heavy atom. The molecule has 1 aliphatic rings. The molecule has 142 valence electrons. The fraction of sp³-hybridized carbons (Fsp3) is 0.333. The predicted molar refractivity (Wildman–Crippen MR) is 125 cm³/mol. The molecule has 0 spiro atoms. The quantitative estimate of drug-likeness (QED) is 0.371. The van der Waals surface area contributed by atoms with Crippen molar-refractivity contribution in [1.82, 2.24) is 9.97 Å². The number of hydrogen-bond donors (Lipinski definition) is 0. The number of nitrogens with zero attached hydrogens (tertiary/aromatic N) is 2. The number of pyridine rings is 2. The number of aromatic nitrogens is 2. The van der Waals surface area contributed by atoms with Gasteiger partial charge in [0.2, 0.25) is 0 Å². The number of aryl methyl sites for hydroxylation is 1. The number of hydrogen-bond acceptors (Lipinski definition) is 3. The lowest BCUT2D eigenvalue weighted by molar-refractivity contribution is 0.686. The number of benzene rings is 1. The van der Waals surface area contributed by atoms with Crippen molar-refractivity contribution in [3.63, 3.8) is 0 Å². The Morgan fingerprint density at radius 1 is 0.929 bits per heavy atom. The molecule has 0 atom stereocenters. The molecule has 28 heavy (non-hydrogen) atoms. The molecule has 5 rings (SSSR count). The van der Waals surface area contributed by atoms with E-state index in [-0.39, 0.29) is 0 Å². The van der Waals surface area contributed by atoms with Crippen LogP contribution in [0.3, 0.4) is 0 Å². The fourth-order valence-electron chi connectivity index (χ4n) is 4.54. The van der Waals surface area contributed by atoms with Crippen LogP contribution < -0.4 is 5.19 Å². The standard InChI is InChI=1S/C24H26N2SSi/c1-15-9-11-19-20-13-16(10-12-21(20)27-24(19)26-15)23-18-8-6-5-7-17(18)22(14-25-23)28(2,3)4/h9-14H,5-8H2,1-4H3. The molecule has 4 aromatic rings. The summed E-state index contributed by atoms with van der Waals surface area (Å²) in [5.41, 5.74) is 6.67. The van der Waals surface area contributed by atoms with Crippen molar-refractivity contribution in [1.29, 1.82) is 0 Å². The Kier molecular flexibility index (Phi) is 4.18. The third kappa shape index (κ3) is 2.90. The van der Waals surface area contributed by atoms with Crippen molar-refractivity contribution in [3.05, 3.63) is 53.3 Å². The van der Waals surface area contributed by atoms with Crippen LogP contribution in [0.25, 0.3) is 31.6 Å². The molecule has 0 saturated heterocycles. The number of thiophene rings is 1. The van der Waals surface area contributed by atoms with Crippen LogP contribution in [0.2, 0.25) is 19.6 Å². The lowest BCUT2D eigenvalue weighted by Crippen LogP contribution is -2.42. The Labute approximate surface area is 171 Å². The zero-order chi connectivity index (χ0) is 19.5. The van der Waals surface area contributed by atoms with Gasteiger partial charge in [0, 0.05) is 32.9 Å². The van der Waals surface area contributed by atoms with Gasteiger partial charge < -0.3 is 0 Å². The molecule has 0 amide bonds. The van der Waals surface area contributed by atoms with Crippen molar-refractivity contribution in [2.75, 3.05) is 0 Å². The molecule has 0 fully saturated rings. The summed E-state index contributed by atoms with van der Waals surface area (Å²) in [4.78, 5) is 10.9. The predicted octanol–water partition coefficient (Wildman–Crippen LogP) is 6.24. The van der Waals surface area contributed by atoms with Crippen LogP contribution in [0.5, 0.6) is 0 Å². The highest BCUT2D eigenvalue weighted by atomic mass is 32.1. The Balaban J connectivity index is 1.73. The minimum Gasteiger partial charge on any atom is -0.256 e. The molecule has 3 aromatic heterocycles. The molecule has 2 nitrogen and oxygen atoms in total. The summed E-state index contributed by atoms with van der Waals surface area (Å²) < 4.78 is 1.31. The maximum atomic E-state index is 5.04. The van der Waals surface area contributed by atoms with Crippen molar-refractivity contribution in [2.45, 2.75) is 52.2 Å². The Hall–Kier alpha value is -2.04. The van der Waals surface area contributed by atoms with Crippen LogP contribution in [0.1, 0.15) is 29.7 Å². The largest absolute Gasteiger partial charge is 0.256 e. The van der Waals surface area contributed by atoms with Gasteiger partial charge in [-0.1, -0.05) is 25.7 Å². The first kappa shape index (κ1) is 18.0. The molecule has 1 aliphatic carbocycles. The topological polar surface area (TPSA) is 25.8 Å². The van der Waals surface area contributed by atoms with Crippen LogP contribution >= 0.6 is 11.3 Å². The van der Waals surface area contributed by atoms with Gasteiger partial charge in [0.15, 0.2) is 0 Å². The third-order valence-corrected chi connectivity index (χ3v) is 9.09. The summed E-state index contributed by atoms with van der Waals surface area (Å²) in [5.74, 6) is 0. The molecule has 0 N–H and O–H groups in total. The van der Waals surface area contributed by atoms with E-state index in [0.29, 0.717) is 0 Å². The third-order valence-electron chi connectivity index (χ3n) is 5.96. The van der Waals surface area contributed by atoms with E-state index < -0.39 is 8.07 Å². The summed E-state index contributed by atoms with van der Waals surface area (Å²) in [6.45, 7) is 9.39. The first-order chi connectivity index (χ1) is 13.4. The summed E-state index contributed by atoms with van der Waals surface area (Å²) >= 11 is 1.79. The highest BCUT2D eigenvalue weighted by molar-refractivity contribution is 7.25. The zero-order valence-corrected chi connectivity index (χ0v) is 18.9. The van der Waals surface area contributed by atoms with Gasteiger partial charge >= 0.3 is 0 Å². The van der Waals surface area contributed by atoms with Crippen molar-refractivity contribution in [3.8, 4) is 11.3 Å². The van der Waals surface area contributed by atoms with Gasteiger partial charge in [0.25, 0.3) is 0 Å². The summed E-state index contributed by atoms with van der Waals surface area (Å²) in [6.07, 6.45) is 7.18. The molecular weight excluding hydrogens is 376 g/mol. The zero-order valence-electron chi connectivity index (χ0n) is 17.1. The molecule has 0 saturated carbocycles. The summed E-state index contributed by atoms with van der Waals surface area (Å²) in [7, 11) is -1.38. The normalized spacial score (nSPS) is 14.6. The maximum absolute atomic E-state index is 5.04. The van der Waals surface area contributed by atoms with Crippen LogP contribution in [0.4, 0.5) is 0 Å². The lowest BCUT2D eigenvalue weighted by Gasteiger charge is -2.27. The van der Waals surface area contributed by atoms with E-state index >= 15 is 0 Å². The SMILES string of the molecule is Cc1ccc2c(n1)sc1ccc(-c3ncc([Si](C)(C)C)c4c3CCCC4)cc12.